The van der Waals surface area contributed by atoms with E-state index < -0.39 is 0 Å². The summed E-state index contributed by atoms with van der Waals surface area (Å²) in [6, 6.07) is 8.72. The molecule has 0 radical (unpaired) electrons. The van der Waals surface area contributed by atoms with Crippen molar-refractivity contribution in [3.8, 4) is 5.75 Å². The highest BCUT2D eigenvalue weighted by Gasteiger charge is 2.23. The number of hydrogen-bond donors (Lipinski definition) is 1. The van der Waals surface area contributed by atoms with Crippen LogP contribution < -0.4 is 10.1 Å². The molecular weight excluding hydrogens is 396 g/mol. The van der Waals surface area contributed by atoms with Crippen molar-refractivity contribution in [1.82, 2.24) is 20.1 Å². The molecular formula is C23H34N4O2S. The van der Waals surface area contributed by atoms with E-state index >= 15 is 0 Å². The van der Waals surface area contributed by atoms with E-state index in [0.29, 0.717) is 17.7 Å². The number of ether oxygens (including phenoxy) is 1. The molecule has 1 aromatic carbocycles. The van der Waals surface area contributed by atoms with Crippen LogP contribution in [0.15, 0.2) is 29.4 Å². The molecule has 6 nitrogen and oxygen atoms in total. The first-order valence-corrected chi connectivity index (χ1v) is 12.0. The van der Waals surface area contributed by atoms with Gasteiger partial charge in [0, 0.05) is 12.1 Å². The van der Waals surface area contributed by atoms with Crippen LogP contribution >= 0.6 is 11.8 Å². The first-order chi connectivity index (χ1) is 14.3. The zero-order valence-corrected chi connectivity index (χ0v) is 19.5. The van der Waals surface area contributed by atoms with Gasteiger partial charge in [0.2, 0.25) is 5.91 Å². The predicted molar refractivity (Wildman–Crippen MR) is 121 cm³/mol. The summed E-state index contributed by atoms with van der Waals surface area (Å²) in [5.74, 6) is 2.51. The highest BCUT2D eigenvalue weighted by atomic mass is 32.2. The molecule has 1 atom stereocenters. The van der Waals surface area contributed by atoms with E-state index in [4.69, 9.17) is 4.74 Å². The van der Waals surface area contributed by atoms with Crippen molar-refractivity contribution in [1.29, 1.82) is 0 Å². The summed E-state index contributed by atoms with van der Waals surface area (Å²) in [5, 5.41) is 12.6. The van der Waals surface area contributed by atoms with Crippen molar-refractivity contribution in [2.75, 3.05) is 5.75 Å². The molecule has 30 heavy (non-hydrogen) atoms. The van der Waals surface area contributed by atoms with E-state index in [1.807, 2.05) is 19.1 Å². The fourth-order valence-corrected chi connectivity index (χ4v) is 4.69. The van der Waals surface area contributed by atoms with Gasteiger partial charge in [0.1, 0.15) is 5.75 Å². The molecule has 1 N–H and O–H groups in total. The Morgan fingerprint density at radius 2 is 1.80 bits per heavy atom. The summed E-state index contributed by atoms with van der Waals surface area (Å²) in [7, 11) is 0. The van der Waals surface area contributed by atoms with Crippen LogP contribution in [-0.2, 0) is 4.79 Å². The lowest BCUT2D eigenvalue weighted by molar-refractivity contribution is -0.119. The number of nitrogens with one attached hydrogen (secondary N) is 1. The molecule has 1 heterocycles. The van der Waals surface area contributed by atoms with Crippen molar-refractivity contribution in [3.63, 3.8) is 0 Å². The fraction of sp³-hybridized carbons (Fsp3) is 0.609. The van der Waals surface area contributed by atoms with E-state index in [9.17, 15) is 4.79 Å². The monoisotopic (exact) mass is 430 g/mol. The summed E-state index contributed by atoms with van der Waals surface area (Å²) in [4.78, 5) is 12.3. The molecule has 2 aromatic rings. The Hall–Kier alpha value is -2.02. The van der Waals surface area contributed by atoms with Crippen molar-refractivity contribution in [3.05, 3.63) is 35.7 Å². The summed E-state index contributed by atoms with van der Waals surface area (Å²) in [6.45, 7) is 10.5. The minimum absolute atomic E-state index is 0.0706. The molecule has 0 saturated heterocycles. The Kier molecular flexibility index (Phi) is 7.81. The molecule has 1 aromatic heterocycles. The molecule has 7 heteroatoms. The van der Waals surface area contributed by atoms with Crippen LogP contribution in [0.5, 0.6) is 5.75 Å². The normalized spacial score (nSPS) is 15.7. The highest BCUT2D eigenvalue weighted by Crippen LogP contribution is 2.28. The van der Waals surface area contributed by atoms with Gasteiger partial charge in [-0.15, -0.1) is 10.2 Å². The number of carbonyl (C=O) groups excluding carboxylic acids is 1. The van der Waals surface area contributed by atoms with Gasteiger partial charge in [0.25, 0.3) is 0 Å². The minimum atomic E-state index is -0.244. The molecule has 0 bridgehead atoms. The fourth-order valence-electron chi connectivity index (χ4n) is 3.81. The molecule has 1 saturated carbocycles. The Labute approximate surface area is 184 Å². The molecule has 0 spiro atoms. The predicted octanol–water partition coefficient (Wildman–Crippen LogP) is 5.27. The Balaban J connectivity index is 1.64. The van der Waals surface area contributed by atoms with Crippen molar-refractivity contribution < 1.29 is 9.53 Å². The van der Waals surface area contributed by atoms with E-state index in [0.717, 1.165) is 29.6 Å². The number of hydrogen-bond acceptors (Lipinski definition) is 5. The lowest BCUT2D eigenvalue weighted by Gasteiger charge is -2.19. The number of amides is 1. The van der Waals surface area contributed by atoms with Crippen LogP contribution in [0.2, 0.25) is 0 Å². The minimum Gasteiger partial charge on any atom is -0.483 e. The molecule has 3 rings (SSSR count). The molecule has 1 aliphatic rings. The lowest BCUT2D eigenvalue weighted by atomic mass is 10.0. The van der Waals surface area contributed by atoms with Gasteiger partial charge < -0.3 is 14.6 Å². The molecule has 1 aliphatic carbocycles. The zero-order chi connectivity index (χ0) is 21.7. The number of carbonyl (C=O) groups is 1. The molecule has 1 fully saturated rings. The lowest BCUT2D eigenvalue weighted by Crippen LogP contribution is -2.33. The number of rotatable bonds is 9. The van der Waals surface area contributed by atoms with Gasteiger partial charge in [-0.1, -0.05) is 50.6 Å². The van der Waals surface area contributed by atoms with Crippen LogP contribution in [0.25, 0.3) is 0 Å². The van der Waals surface area contributed by atoms with Gasteiger partial charge in [0.15, 0.2) is 17.1 Å². The molecule has 0 aliphatic heterocycles. The highest BCUT2D eigenvalue weighted by molar-refractivity contribution is 7.99. The van der Waals surface area contributed by atoms with E-state index in [-0.39, 0.29) is 18.1 Å². The SMILES string of the molecule is CC(C)c1ccc(OC(C)c2nnc(SCC(=O)NC3CCCC3)n2C(C)C)cc1. The Morgan fingerprint density at radius 3 is 2.40 bits per heavy atom. The quantitative estimate of drug-likeness (QED) is 0.549. The van der Waals surface area contributed by atoms with Gasteiger partial charge >= 0.3 is 0 Å². The summed E-state index contributed by atoms with van der Waals surface area (Å²) in [5.41, 5.74) is 1.29. The molecule has 164 valence electrons. The van der Waals surface area contributed by atoms with Crippen LogP contribution in [0.3, 0.4) is 0 Å². The molecule has 1 amide bonds. The van der Waals surface area contributed by atoms with Crippen LogP contribution in [-0.4, -0.2) is 32.5 Å². The average molecular weight is 431 g/mol. The smallest absolute Gasteiger partial charge is 0.230 e. The van der Waals surface area contributed by atoms with Gasteiger partial charge in [-0.3, -0.25) is 4.79 Å². The maximum atomic E-state index is 12.3. The van der Waals surface area contributed by atoms with Gasteiger partial charge in [-0.05, 0) is 57.2 Å². The standard InChI is InChI=1S/C23H34N4O2S/c1-15(2)18-10-12-20(13-11-18)29-17(5)22-25-26-23(27(22)16(3)4)30-14-21(28)24-19-8-6-7-9-19/h10-13,15-17,19H,6-9,14H2,1-5H3,(H,24,28). The van der Waals surface area contributed by atoms with Crippen molar-refractivity contribution >= 4 is 17.7 Å². The topological polar surface area (TPSA) is 69.0 Å². The zero-order valence-electron chi connectivity index (χ0n) is 18.7. The second kappa shape index (κ2) is 10.3. The third-order valence-corrected chi connectivity index (χ3v) is 6.43. The van der Waals surface area contributed by atoms with Crippen LogP contribution in [0.4, 0.5) is 0 Å². The van der Waals surface area contributed by atoms with Crippen LogP contribution in [0, 0.1) is 0 Å². The number of aromatic nitrogens is 3. The largest absolute Gasteiger partial charge is 0.483 e. The number of benzene rings is 1. The second-order valence-electron chi connectivity index (χ2n) is 8.63. The van der Waals surface area contributed by atoms with Crippen molar-refractivity contribution in [2.45, 2.75) is 89.6 Å². The Bertz CT molecular complexity index is 826. The van der Waals surface area contributed by atoms with E-state index in [1.54, 1.807) is 0 Å². The second-order valence-corrected chi connectivity index (χ2v) is 9.57. The van der Waals surface area contributed by atoms with Gasteiger partial charge in [-0.25, -0.2) is 0 Å². The van der Waals surface area contributed by atoms with Crippen LogP contribution in [0.1, 0.15) is 89.8 Å². The summed E-state index contributed by atoms with van der Waals surface area (Å²) >= 11 is 1.44. The summed E-state index contributed by atoms with van der Waals surface area (Å²) < 4.78 is 8.21. The number of nitrogens with zero attached hydrogens (tertiary/aromatic N) is 3. The first-order valence-electron chi connectivity index (χ1n) is 11.0. The Morgan fingerprint density at radius 1 is 1.13 bits per heavy atom. The van der Waals surface area contributed by atoms with Crippen molar-refractivity contribution in [2.24, 2.45) is 0 Å². The summed E-state index contributed by atoms with van der Waals surface area (Å²) in [6.07, 6.45) is 4.36. The first kappa shape index (κ1) is 22.7. The van der Waals surface area contributed by atoms with Gasteiger partial charge in [0.05, 0.1) is 5.75 Å². The van der Waals surface area contributed by atoms with Gasteiger partial charge in [-0.2, -0.15) is 0 Å². The third kappa shape index (κ3) is 5.78. The maximum absolute atomic E-state index is 12.3. The van der Waals surface area contributed by atoms with E-state index in [2.05, 4.69) is 59.9 Å². The maximum Gasteiger partial charge on any atom is 0.230 e. The third-order valence-electron chi connectivity index (χ3n) is 5.48. The van der Waals surface area contributed by atoms with E-state index in [1.165, 1.54) is 30.2 Å². The molecule has 1 unspecified atom stereocenters. The number of thioether (sulfide) groups is 1. The average Bonchev–Trinajstić information content (AvgIpc) is 3.36.